The SMILES string of the molecule is CCC(C)c1cc(S(C)(=O)=O)c(C(C)CC)cc1C#N. The molecule has 0 aliphatic heterocycles. The number of nitriles is 1. The highest BCUT2D eigenvalue weighted by molar-refractivity contribution is 7.90. The van der Waals surface area contributed by atoms with Crippen molar-refractivity contribution >= 4 is 9.84 Å². The van der Waals surface area contributed by atoms with Crippen LogP contribution in [0, 0.1) is 11.3 Å². The Hall–Kier alpha value is -1.34. The van der Waals surface area contributed by atoms with E-state index in [-0.39, 0.29) is 11.8 Å². The summed E-state index contributed by atoms with van der Waals surface area (Å²) in [6.07, 6.45) is 2.96. The van der Waals surface area contributed by atoms with Crippen LogP contribution in [0.4, 0.5) is 0 Å². The van der Waals surface area contributed by atoms with Crippen LogP contribution in [-0.4, -0.2) is 14.7 Å². The third-order valence-corrected chi connectivity index (χ3v) is 5.14. The molecule has 20 heavy (non-hydrogen) atoms. The normalized spacial score (nSPS) is 14.6. The van der Waals surface area contributed by atoms with Gasteiger partial charge >= 0.3 is 0 Å². The lowest BCUT2D eigenvalue weighted by Gasteiger charge is -2.19. The number of benzene rings is 1. The van der Waals surface area contributed by atoms with Crippen LogP contribution in [0.5, 0.6) is 0 Å². The Morgan fingerprint density at radius 3 is 2.00 bits per heavy atom. The molecule has 4 heteroatoms. The summed E-state index contributed by atoms with van der Waals surface area (Å²) in [7, 11) is -3.29. The number of rotatable bonds is 5. The lowest BCUT2D eigenvalue weighted by molar-refractivity contribution is 0.597. The minimum absolute atomic E-state index is 0.123. The molecule has 0 aliphatic carbocycles. The zero-order valence-corrected chi connectivity index (χ0v) is 13.7. The van der Waals surface area contributed by atoms with Gasteiger partial charge in [-0.3, -0.25) is 0 Å². The van der Waals surface area contributed by atoms with Gasteiger partial charge in [-0.05, 0) is 47.9 Å². The second kappa shape index (κ2) is 6.41. The zero-order chi connectivity index (χ0) is 15.5. The van der Waals surface area contributed by atoms with Gasteiger partial charge in [0.15, 0.2) is 9.84 Å². The Kier molecular flexibility index (Phi) is 5.35. The van der Waals surface area contributed by atoms with Crippen molar-refractivity contribution in [2.75, 3.05) is 6.26 Å². The highest BCUT2D eigenvalue weighted by Crippen LogP contribution is 2.33. The van der Waals surface area contributed by atoms with E-state index in [9.17, 15) is 13.7 Å². The van der Waals surface area contributed by atoms with Crippen molar-refractivity contribution in [1.82, 2.24) is 0 Å². The van der Waals surface area contributed by atoms with Crippen LogP contribution in [0.1, 0.15) is 69.1 Å². The number of nitrogens with zero attached hydrogens (tertiary/aromatic N) is 1. The molecule has 0 heterocycles. The summed E-state index contributed by atoms with van der Waals surface area (Å²) in [6, 6.07) is 5.70. The van der Waals surface area contributed by atoms with Crippen LogP contribution in [0.15, 0.2) is 17.0 Å². The maximum Gasteiger partial charge on any atom is 0.175 e. The molecule has 1 aromatic carbocycles. The van der Waals surface area contributed by atoms with E-state index in [1.165, 1.54) is 6.26 Å². The minimum atomic E-state index is -3.29. The molecule has 0 fully saturated rings. The average Bonchev–Trinajstić information content (AvgIpc) is 2.42. The maximum absolute atomic E-state index is 12.1. The molecule has 2 atom stereocenters. The lowest BCUT2D eigenvalue weighted by atomic mass is 9.89. The molecule has 0 spiro atoms. The van der Waals surface area contributed by atoms with Crippen molar-refractivity contribution in [2.45, 2.75) is 57.3 Å². The van der Waals surface area contributed by atoms with Gasteiger partial charge in [0, 0.05) is 6.26 Å². The highest BCUT2D eigenvalue weighted by atomic mass is 32.2. The predicted molar refractivity (Wildman–Crippen MR) is 81.7 cm³/mol. The van der Waals surface area contributed by atoms with Crippen molar-refractivity contribution < 1.29 is 8.42 Å². The topological polar surface area (TPSA) is 57.9 Å². The third kappa shape index (κ3) is 3.40. The first-order valence-corrected chi connectivity index (χ1v) is 8.93. The Labute approximate surface area is 122 Å². The quantitative estimate of drug-likeness (QED) is 0.824. The fraction of sp³-hybridized carbons (Fsp3) is 0.562. The molecule has 0 aromatic heterocycles. The summed E-state index contributed by atoms with van der Waals surface area (Å²) in [5.74, 6) is 0.300. The van der Waals surface area contributed by atoms with Gasteiger partial charge in [-0.15, -0.1) is 0 Å². The Balaban J connectivity index is 3.67. The van der Waals surface area contributed by atoms with E-state index in [1.807, 2.05) is 27.7 Å². The van der Waals surface area contributed by atoms with Crippen LogP contribution in [0.3, 0.4) is 0 Å². The molecule has 0 saturated carbocycles. The minimum Gasteiger partial charge on any atom is -0.224 e. The zero-order valence-electron chi connectivity index (χ0n) is 12.9. The van der Waals surface area contributed by atoms with Gasteiger partial charge in [-0.2, -0.15) is 5.26 Å². The smallest absolute Gasteiger partial charge is 0.175 e. The molecule has 0 N–H and O–H groups in total. The first-order valence-electron chi connectivity index (χ1n) is 7.04. The molecule has 0 saturated heterocycles. The summed E-state index contributed by atoms with van der Waals surface area (Å²) in [5, 5.41) is 9.34. The van der Waals surface area contributed by atoms with E-state index in [4.69, 9.17) is 0 Å². The summed E-state index contributed by atoms with van der Waals surface area (Å²) < 4.78 is 24.1. The van der Waals surface area contributed by atoms with Gasteiger partial charge < -0.3 is 0 Å². The highest BCUT2D eigenvalue weighted by Gasteiger charge is 2.21. The molecule has 3 nitrogen and oxygen atoms in total. The summed E-state index contributed by atoms with van der Waals surface area (Å²) >= 11 is 0. The molecule has 1 rings (SSSR count). The van der Waals surface area contributed by atoms with Crippen LogP contribution < -0.4 is 0 Å². The van der Waals surface area contributed by atoms with Crippen LogP contribution in [-0.2, 0) is 9.84 Å². The second-order valence-electron chi connectivity index (χ2n) is 5.48. The number of sulfone groups is 1. The first-order chi connectivity index (χ1) is 9.26. The first kappa shape index (κ1) is 16.7. The van der Waals surface area contributed by atoms with Crippen LogP contribution in [0.2, 0.25) is 0 Å². The third-order valence-electron chi connectivity index (χ3n) is 3.99. The van der Waals surface area contributed by atoms with Crippen molar-refractivity contribution in [3.8, 4) is 6.07 Å². The van der Waals surface area contributed by atoms with Crippen molar-refractivity contribution in [2.24, 2.45) is 0 Å². The average molecular weight is 293 g/mol. The molecular formula is C16H23NO2S. The fourth-order valence-corrected chi connectivity index (χ4v) is 3.29. The van der Waals surface area contributed by atoms with E-state index >= 15 is 0 Å². The van der Waals surface area contributed by atoms with E-state index in [2.05, 4.69) is 6.07 Å². The maximum atomic E-state index is 12.1. The summed E-state index contributed by atoms with van der Waals surface area (Å²) in [4.78, 5) is 0.376. The Morgan fingerprint density at radius 1 is 1.10 bits per heavy atom. The lowest BCUT2D eigenvalue weighted by Crippen LogP contribution is -2.09. The molecular weight excluding hydrogens is 270 g/mol. The molecule has 0 amide bonds. The monoisotopic (exact) mass is 293 g/mol. The fourth-order valence-electron chi connectivity index (χ4n) is 2.26. The summed E-state index contributed by atoms with van der Waals surface area (Å²) in [5.41, 5.74) is 2.20. The van der Waals surface area contributed by atoms with Crippen molar-refractivity contribution in [1.29, 1.82) is 5.26 Å². The van der Waals surface area contributed by atoms with Crippen LogP contribution in [0.25, 0.3) is 0 Å². The molecule has 0 bridgehead atoms. The Bertz CT molecular complexity index is 627. The summed E-state index contributed by atoms with van der Waals surface area (Å²) in [6.45, 7) is 8.07. The van der Waals surface area contributed by atoms with E-state index < -0.39 is 9.84 Å². The molecule has 0 radical (unpaired) electrons. The number of hydrogen-bond acceptors (Lipinski definition) is 3. The predicted octanol–water partition coefficient (Wildman–Crippen LogP) is 3.99. The van der Waals surface area contributed by atoms with Crippen molar-refractivity contribution in [3.05, 3.63) is 28.8 Å². The molecule has 0 aliphatic rings. The largest absolute Gasteiger partial charge is 0.224 e. The standard InChI is InChI=1S/C16H23NO2S/c1-6-11(3)14-9-16(20(5,18)19)15(12(4)7-2)8-13(14)10-17/h8-9,11-12H,6-7H2,1-5H3. The van der Waals surface area contributed by atoms with Gasteiger partial charge in [0.25, 0.3) is 0 Å². The molecule has 2 unspecified atom stereocenters. The van der Waals surface area contributed by atoms with Crippen molar-refractivity contribution in [3.63, 3.8) is 0 Å². The van der Waals surface area contributed by atoms with Gasteiger partial charge in [-0.25, -0.2) is 8.42 Å². The van der Waals surface area contributed by atoms with Crippen LogP contribution >= 0.6 is 0 Å². The van der Waals surface area contributed by atoms with E-state index in [1.54, 1.807) is 12.1 Å². The van der Waals surface area contributed by atoms with Gasteiger partial charge in [0.1, 0.15) is 0 Å². The van der Waals surface area contributed by atoms with Gasteiger partial charge in [-0.1, -0.05) is 27.7 Å². The molecule has 110 valence electrons. The molecule has 1 aromatic rings. The number of hydrogen-bond donors (Lipinski definition) is 0. The van der Waals surface area contributed by atoms with Gasteiger partial charge in [0.2, 0.25) is 0 Å². The van der Waals surface area contributed by atoms with Gasteiger partial charge in [0.05, 0.1) is 16.5 Å². The van der Waals surface area contributed by atoms with E-state index in [0.29, 0.717) is 10.5 Å². The Morgan fingerprint density at radius 2 is 1.60 bits per heavy atom. The van der Waals surface area contributed by atoms with E-state index in [0.717, 1.165) is 24.0 Å². The second-order valence-corrected chi connectivity index (χ2v) is 7.46.